The highest BCUT2D eigenvalue weighted by atomic mass is 79.9. The minimum Gasteiger partial charge on any atom is -0.345 e. The molecule has 2 nitrogen and oxygen atoms in total. The maximum Gasteiger partial charge on any atom is 0.144 e. The van der Waals surface area contributed by atoms with E-state index < -0.39 is 0 Å². The second-order valence-corrected chi connectivity index (χ2v) is 7.38. The van der Waals surface area contributed by atoms with Crippen LogP contribution in [-0.2, 0) is 5.41 Å². The Kier molecular flexibility index (Phi) is 4.27. The van der Waals surface area contributed by atoms with Gasteiger partial charge in [-0.3, -0.25) is 0 Å². The lowest BCUT2D eigenvalue weighted by molar-refractivity contribution is 0.423. The number of rotatable bonds is 1. The van der Waals surface area contributed by atoms with E-state index >= 15 is 0 Å². The summed E-state index contributed by atoms with van der Waals surface area (Å²) in [6, 6.07) is 0. The fraction of sp³-hybridized carbons (Fsp3) is 0.714. The molecule has 1 heterocycles. The average molecular weight is 329 g/mol. The van der Waals surface area contributed by atoms with Gasteiger partial charge in [0.25, 0.3) is 0 Å². The third-order valence-corrected chi connectivity index (χ3v) is 4.95. The molecule has 0 aliphatic heterocycles. The molecule has 1 saturated carbocycles. The van der Waals surface area contributed by atoms with E-state index in [2.05, 4.69) is 46.7 Å². The van der Waals surface area contributed by atoms with Crippen molar-refractivity contribution in [3.05, 3.63) is 20.6 Å². The minimum absolute atomic E-state index is 0.0543. The molecule has 1 aliphatic carbocycles. The zero-order valence-corrected chi connectivity index (χ0v) is 13.7. The van der Waals surface area contributed by atoms with E-state index in [9.17, 15) is 0 Å². The van der Waals surface area contributed by atoms with Gasteiger partial charge >= 0.3 is 0 Å². The third kappa shape index (κ3) is 3.02. The molecule has 1 N–H and O–H groups in total. The van der Waals surface area contributed by atoms with Crippen LogP contribution >= 0.6 is 28.1 Å². The van der Waals surface area contributed by atoms with Gasteiger partial charge in [-0.15, -0.1) is 0 Å². The first kappa shape index (κ1) is 14.2. The number of aromatic nitrogens is 2. The van der Waals surface area contributed by atoms with Gasteiger partial charge in [-0.25, -0.2) is 4.98 Å². The van der Waals surface area contributed by atoms with Gasteiger partial charge in [0, 0.05) is 17.0 Å². The fourth-order valence-electron chi connectivity index (χ4n) is 2.56. The Bertz CT molecular complexity index is 482. The predicted octanol–water partition coefficient (Wildman–Crippen LogP) is 5.25. The number of halogens is 1. The van der Waals surface area contributed by atoms with Gasteiger partial charge in [-0.2, -0.15) is 0 Å². The number of H-pyrrole nitrogens is 1. The Morgan fingerprint density at radius 3 is 2.39 bits per heavy atom. The van der Waals surface area contributed by atoms with Crippen LogP contribution in [-0.4, -0.2) is 9.97 Å². The molecule has 0 aromatic carbocycles. The Hall–Kier alpha value is -0.220. The normalized spacial score (nSPS) is 18.0. The summed E-state index contributed by atoms with van der Waals surface area (Å²) >= 11 is 8.96. The summed E-state index contributed by atoms with van der Waals surface area (Å²) in [5, 5.41) is 0. The van der Waals surface area contributed by atoms with Crippen LogP contribution in [0.15, 0.2) is 4.47 Å². The van der Waals surface area contributed by atoms with Gasteiger partial charge in [0.15, 0.2) is 0 Å². The van der Waals surface area contributed by atoms with E-state index in [1.165, 1.54) is 37.8 Å². The van der Waals surface area contributed by atoms with Crippen LogP contribution in [0.25, 0.3) is 0 Å². The fourth-order valence-corrected chi connectivity index (χ4v) is 3.55. The van der Waals surface area contributed by atoms with Crippen molar-refractivity contribution in [3.8, 4) is 0 Å². The second kappa shape index (κ2) is 5.41. The number of hydrogen-bond donors (Lipinski definition) is 1. The summed E-state index contributed by atoms with van der Waals surface area (Å²) in [5.41, 5.74) is 1.22. The maximum atomic E-state index is 5.39. The van der Waals surface area contributed by atoms with Crippen molar-refractivity contribution in [1.82, 2.24) is 9.97 Å². The van der Waals surface area contributed by atoms with Gasteiger partial charge in [-0.1, -0.05) is 52.3 Å². The highest BCUT2D eigenvalue weighted by Crippen LogP contribution is 2.34. The first-order valence-electron chi connectivity index (χ1n) is 6.70. The van der Waals surface area contributed by atoms with Crippen LogP contribution in [0.1, 0.15) is 70.3 Å². The smallest absolute Gasteiger partial charge is 0.144 e. The lowest BCUT2D eigenvalue weighted by Gasteiger charge is -2.25. The largest absolute Gasteiger partial charge is 0.345 e. The molecule has 0 saturated heterocycles. The van der Waals surface area contributed by atoms with Crippen molar-refractivity contribution in [1.29, 1.82) is 0 Å². The zero-order valence-electron chi connectivity index (χ0n) is 11.3. The monoisotopic (exact) mass is 328 g/mol. The third-order valence-electron chi connectivity index (χ3n) is 3.62. The van der Waals surface area contributed by atoms with Crippen LogP contribution < -0.4 is 0 Å². The second-order valence-electron chi connectivity index (χ2n) is 6.20. The first-order valence-corrected chi connectivity index (χ1v) is 7.90. The number of nitrogens with one attached hydrogen (secondary N) is 1. The Labute approximate surface area is 123 Å². The van der Waals surface area contributed by atoms with Crippen LogP contribution in [0.2, 0.25) is 0 Å². The van der Waals surface area contributed by atoms with Crippen molar-refractivity contribution < 1.29 is 0 Å². The Morgan fingerprint density at radius 2 is 1.83 bits per heavy atom. The predicted molar refractivity (Wildman–Crippen MR) is 81.6 cm³/mol. The molecule has 18 heavy (non-hydrogen) atoms. The molecule has 0 spiro atoms. The van der Waals surface area contributed by atoms with Crippen molar-refractivity contribution >= 4 is 28.1 Å². The number of aromatic amines is 1. The molecular formula is C14H21BrN2S. The van der Waals surface area contributed by atoms with E-state index in [0.29, 0.717) is 10.6 Å². The Morgan fingerprint density at radius 1 is 1.22 bits per heavy atom. The van der Waals surface area contributed by atoms with Gasteiger partial charge in [0.1, 0.15) is 10.5 Å². The van der Waals surface area contributed by atoms with Crippen molar-refractivity contribution in [2.24, 2.45) is 0 Å². The van der Waals surface area contributed by atoms with Crippen molar-refractivity contribution in [3.63, 3.8) is 0 Å². The first-order chi connectivity index (χ1) is 8.39. The van der Waals surface area contributed by atoms with Gasteiger partial charge in [0.2, 0.25) is 0 Å². The zero-order chi connectivity index (χ0) is 13.3. The van der Waals surface area contributed by atoms with Gasteiger partial charge in [-0.05, 0) is 28.8 Å². The molecule has 1 aliphatic rings. The van der Waals surface area contributed by atoms with Crippen LogP contribution in [0.4, 0.5) is 0 Å². The highest BCUT2D eigenvalue weighted by Gasteiger charge is 2.23. The summed E-state index contributed by atoms with van der Waals surface area (Å²) in [5.74, 6) is 1.66. The minimum atomic E-state index is 0.0543. The lowest BCUT2D eigenvalue weighted by atomic mass is 9.87. The molecule has 100 valence electrons. The summed E-state index contributed by atoms with van der Waals surface area (Å²) in [4.78, 5) is 8.12. The quantitative estimate of drug-likeness (QED) is 0.713. The van der Waals surface area contributed by atoms with E-state index in [4.69, 9.17) is 12.2 Å². The SMILES string of the molecule is CC(C)(C)c1[nH]c(C2CCCCC2)nc(=S)c1Br. The number of nitrogens with zero attached hydrogens (tertiary/aromatic N) is 1. The van der Waals surface area contributed by atoms with Crippen LogP contribution in [0.5, 0.6) is 0 Å². The topological polar surface area (TPSA) is 28.7 Å². The van der Waals surface area contributed by atoms with E-state index in [1.54, 1.807) is 0 Å². The Balaban J connectivity index is 2.44. The molecule has 0 bridgehead atoms. The maximum absolute atomic E-state index is 5.39. The molecule has 0 atom stereocenters. The summed E-state index contributed by atoms with van der Waals surface area (Å²) < 4.78 is 1.64. The molecule has 2 rings (SSSR count). The van der Waals surface area contributed by atoms with Gasteiger partial charge < -0.3 is 4.98 Å². The van der Waals surface area contributed by atoms with Crippen molar-refractivity contribution in [2.45, 2.75) is 64.2 Å². The molecule has 0 radical (unpaired) electrons. The van der Waals surface area contributed by atoms with Crippen LogP contribution in [0, 0.1) is 4.64 Å². The van der Waals surface area contributed by atoms with Gasteiger partial charge in [0.05, 0.1) is 4.47 Å². The lowest BCUT2D eigenvalue weighted by Crippen LogP contribution is -2.19. The molecule has 0 unspecified atom stereocenters. The molecule has 0 amide bonds. The van der Waals surface area contributed by atoms with E-state index in [-0.39, 0.29) is 5.41 Å². The summed E-state index contributed by atoms with van der Waals surface area (Å²) in [6.07, 6.45) is 6.47. The van der Waals surface area contributed by atoms with Crippen LogP contribution in [0.3, 0.4) is 0 Å². The molecule has 1 aromatic heterocycles. The standard InChI is InChI=1S/C14H21BrN2S/c1-14(2,3)11-10(15)13(18)17-12(16-11)9-7-5-4-6-8-9/h9H,4-8H2,1-3H3,(H,16,17,18). The molecule has 1 aromatic rings. The average Bonchev–Trinajstić information content (AvgIpc) is 2.32. The van der Waals surface area contributed by atoms with E-state index in [0.717, 1.165) is 10.3 Å². The van der Waals surface area contributed by atoms with E-state index in [1.807, 2.05) is 0 Å². The summed E-state index contributed by atoms with van der Waals surface area (Å²) in [7, 11) is 0. The molecule has 1 fully saturated rings. The molecular weight excluding hydrogens is 308 g/mol. The molecule has 4 heteroatoms. The highest BCUT2D eigenvalue weighted by molar-refractivity contribution is 9.10. The van der Waals surface area contributed by atoms with Crippen molar-refractivity contribution in [2.75, 3.05) is 0 Å². The number of hydrogen-bond acceptors (Lipinski definition) is 2. The summed E-state index contributed by atoms with van der Waals surface area (Å²) in [6.45, 7) is 6.59.